The van der Waals surface area contributed by atoms with Gasteiger partial charge in [0.1, 0.15) is 0 Å². The minimum Gasteiger partial charge on any atom is -0.398 e. The number of nitrogens with zero attached hydrogens (tertiary/aromatic N) is 3. The monoisotopic (exact) mass is 232 g/mol. The predicted molar refractivity (Wildman–Crippen MR) is 69.3 cm³/mol. The Morgan fingerprint density at radius 1 is 1.47 bits per heavy atom. The van der Waals surface area contributed by atoms with Crippen molar-refractivity contribution in [1.82, 2.24) is 9.88 Å². The summed E-state index contributed by atoms with van der Waals surface area (Å²) in [5.41, 5.74) is 9.90. The Hall–Kier alpha value is -1.60. The number of anilines is 1. The molecule has 0 bridgehead atoms. The highest BCUT2D eigenvalue weighted by Gasteiger charge is 2.10. The molecule has 4 heteroatoms. The van der Waals surface area contributed by atoms with E-state index in [-0.39, 0.29) is 0 Å². The second-order valence-electron chi connectivity index (χ2n) is 4.20. The van der Waals surface area contributed by atoms with Crippen molar-refractivity contribution in [2.24, 2.45) is 0 Å². The standard InChI is InChI=1S/C13H20N4/c1-4-17(7-5-6-14)9-12-11(3)13(15)10(2)8-16-12/h8H,4-5,7,9H2,1-3H3,(H2,15,16). The van der Waals surface area contributed by atoms with Crippen molar-refractivity contribution in [3.05, 3.63) is 23.0 Å². The molecule has 92 valence electrons. The molecule has 0 fully saturated rings. The number of pyridine rings is 1. The number of nitrogens with two attached hydrogens (primary N) is 1. The third kappa shape index (κ3) is 3.43. The van der Waals surface area contributed by atoms with Gasteiger partial charge < -0.3 is 5.73 Å². The first-order chi connectivity index (χ1) is 8.10. The molecule has 0 saturated heterocycles. The van der Waals surface area contributed by atoms with Gasteiger partial charge in [0.2, 0.25) is 0 Å². The van der Waals surface area contributed by atoms with E-state index >= 15 is 0 Å². The largest absolute Gasteiger partial charge is 0.398 e. The van der Waals surface area contributed by atoms with Crippen LogP contribution in [0.5, 0.6) is 0 Å². The van der Waals surface area contributed by atoms with Crippen molar-refractivity contribution in [3.63, 3.8) is 0 Å². The van der Waals surface area contributed by atoms with Crippen LogP contribution in [-0.4, -0.2) is 23.0 Å². The minimum atomic E-state index is 0.550. The Balaban J connectivity index is 2.80. The van der Waals surface area contributed by atoms with Crippen LogP contribution in [-0.2, 0) is 6.54 Å². The molecule has 0 saturated carbocycles. The van der Waals surface area contributed by atoms with Crippen LogP contribution in [0.1, 0.15) is 30.2 Å². The maximum absolute atomic E-state index is 8.60. The molecule has 1 heterocycles. The summed E-state index contributed by atoms with van der Waals surface area (Å²) in [6, 6.07) is 2.17. The number of nitriles is 1. The summed E-state index contributed by atoms with van der Waals surface area (Å²) in [5.74, 6) is 0. The normalized spacial score (nSPS) is 10.5. The number of aromatic nitrogens is 1. The molecular weight excluding hydrogens is 212 g/mol. The second kappa shape index (κ2) is 6.21. The molecule has 4 nitrogen and oxygen atoms in total. The van der Waals surface area contributed by atoms with Crippen molar-refractivity contribution >= 4 is 5.69 Å². The first-order valence-electron chi connectivity index (χ1n) is 5.90. The van der Waals surface area contributed by atoms with E-state index in [0.29, 0.717) is 6.42 Å². The molecule has 0 unspecified atom stereocenters. The van der Waals surface area contributed by atoms with E-state index in [1.54, 1.807) is 0 Å². The Morgan fingerprint density at radius 2 is 2.18 bits per heavy atom. The molecular formula is C13H20N4. The third-order valence-electron chi connectivity index (χ3n) is 3.04. The molecule has 0 aliphatic carbocycles. The number of nitrogen functional groups attached to an aromatic ring is 1. The summed E-state index contributed by atoms with van der Waals surface area (Å²) in [4.78, 5) is 6.63. The van der Waals surface area contributed by atoms with Crippen LogP contribution in [0.3, 0.4) is 0 Å². The zero-order chi connectivity index (χ0) is 12.8. The zero-order valence-corrected chi connectivity index (χ0v) is 10.8. The summed E-state index contributed by atoms with van der Waals surface area (Å²) < 4.78 is 0. The first kappa shape index (κ1) is 13.5. The van der Waals surface area contributed by atoms with E-state index in [0.717, 1.165) is 42.1 Å². The predicted octanol–water partition coefficient (Wildman–Crippen LogP) is 2.02. The summed E-state index contributed by atoms with van der Waals surface area (Å²) in [5, 5.41) is 8.60. The van der Waals surface area contributed by atoms with Crippen LogP contribution in [0.2, 0.25) is 0 Å². The highest BCUT2D eigenvalue weighted by molar-refractivity contribution is 5.53. The fourth-order valence-corrected chi connectivity index (χ4v) is 1.72. The van der Waals surface area contributed by atoms with Crippen molar-refractivity contribution in [1.29, 1.82) is 5.26 Å². The molecule has 0 aromatic carbocycles. The van der Waals surface area contributed by atoms with Gasteiger partial charge in [0, 0.05) is 31.4 Å². The molecule has 1 rings (SSSR count). The van der Waals surface area contributed by atoms with Gasteiger partial charge in [-0.1, -0.05) is 6.92 Å². The molecule has 1 aromatic rings. The van der Waals surface area contributed by atoms with Crippen molar-refractivity contribution in [2.45, 2.75) is 33.7 Å². The van der Waals surface area contributed by atoms with E-state index in [1.165, 1.54) is 0 Å². The van der Waals surface area contributed by atoms with Crippen LogP contribution in [0, 0.1) is 25.2 Å². The maximum atomic E-state index is 8.60. The molecule has 17 heavy (non-hydrogen) atoms. The van der Waals surface area contributed by atoms with E-state index in [1.807, 2.05) is 20.0 Å². The summed E-state index contributed by atoms with van der Waals surface area (Å²) >= 11 is 0. The molecule has 2 N–H and O–H groups in total. The average Bonchev–Trinajstić information content (AvgIpc) is 2.34. The van der Waals surface area contributed by atoms with E-state index < -0.39 is 0 Å². The van der Waals surface area contributed by atoms with Crippen LogP contribution >= 0.6 is 0 Å². The van der Waals surface area contributed by atoms with E-state index in [4.69, 9.17) is 11.0 Å². The number of aryl methyl sites for hydroxylation is 1. The Bertz CT molecular complexity index is 420. The fourth-order valence-electron chi connectivity index (χ4n) is 1.72. The molecule has 0 aliphatic heterocycles. The number of hydrogen-bond acceptors (Lipinski definition) is 4. The van der Waals surface area contributed by atoms with Crippen LogP contribution in [0.15, 0.2) is 6.20 Å². The van der Waals surface area contributed by atoms with Gasteiger partial charge in [-0.3, -0.25) is 9.88 Å². The Labute approximate surface area is 103 Å². The van der Waals surface area contributed by atoms with Gasteiger partial charge in [-0.05, 0) is 31.5 Å². The maximum Gasteiger partial charge on any atom is 0.0635 e. The topological polar surface area (TPSA) is 65.9 Å². The lowest BCUT2D eigenvalue weighted by Crippen LogP contribution is -2.25. The second-order valence-corrected chi connectivity index (χ2v) is 4.20. The van der Waals surface area contributed by atoms with Gasteiger partial charge in [0.05, 0.1) is 11.8 Å². The quantitative estimate of drug-likeness (QED) is 0.843. The lowest BCUT2D eigenvalue weighted by molar-refractivity contribution is 0.283. The highest BCUT2D eigenvalue weighted by Crippen LogP contribution is 2.19. The van der Waals surface area contributed by atoms with Crippen LogP contribution < -0.4 is 5.73 Å². The Kier molecular flexibility index (Phi) is 4.92. The first-order valence-corrected chi connectivity index (χ1v) is 5.90. The highest BCUT2D eigenvalue weighted by atomic mass is 15.1. The van der Waals surface area contributed by atoms with Crippen molar-refractivity contribution < 1.29 is 0 Å². The average molecular weight is 232 g/mol. The molecule has 0 spiro atoms. The van der Waals surface area contributed by atoms with Crippen molar-refractivity contribution in [2.75, 3.05) is 18.8 Å². The molecule has 0 amide bonds. The van der Waals surface area contributed by atoms with E-state index in [9.17, 15) is 0 Å². The van der Waals surface area contributed by atoms with Gasteiger partial charge in [-0.25, -0.2) is 0 Å². The smallest absolute Gasteiger partial charge is 0.0635 e. The third-order valence-corrected chi connectivity index (χ3v) is 3.04. The Morgan fingerprint density at radius 3 is 2.76 bits per heavy atom. The van der Waals surface area contributed by atoms with Gasteiger partial charge in [0.25, 0.3) is 0 Å². The lowest BCUT2D eigenvalue weighted by atomic mass is 10.1. The van der Waals surface area contributed by atoms with Gasteiger partial charge >= 0.3 is 0 Å². The lowest BCUT2D eigenvalue weighted by Gasteiger charge is -2.20. The SMILES string of the molecule is CCN(CCC#N)Cc1ncc(C)c(N)c1C. The summed E-state index contributed by atoms with van der Waals surface area (Å²) in [6.07, 6.45) is 2.37. The van der Waals surface area contributed by atoms with Gasteiger partial charge in [-0.2, -0.15) is 5.26 Å². The van der Waals surface area contributed by atoms with Crippen molar-refractivity contribution in [3.8, 4) is 6.07 Å². The zero-order valence-electron chi connectivity index (χ0n) is 10.8. The molecule has 0 atom stereocenters. The van der Waals surface area contributed by atoms with Gasteiger partial charge in [-0.15, -0.1) is 0 Å². The van der Waals surface area contributed by atoms with Crippen LogP contribution in [0.4, 0.5) is 5.69 Å². The summed E-state index contributed by atoms with van der Waals surface area (Å²) in [7, 11) is 0. The number of rotatable bonds is 5. The molecule has 0 aliphatic rings. The number of hydrogen-bond donors (Lipinski definition) is 1. The molecule has 0 radical (unpaired) electrons. The minimum absolute atomic E-state index is 0.550. The fraction of sp³-hybridized carbons (Fsp3) is 0.538. The van der Waals surface area contributed by atoms with E-state index in [2.05, 4.69) is 22.9 Å². The van der Waals surface area contributed by atoms with Crippen LogP contribution in [0.25, 0.3) is 0 Å². The van der Waals surface area contributed by atoms with Gasteiger partial charge in [0.15, 0.2) is 0 Å². The summed E-state index contributed by atoms with van der Waals surface area (Å²) in [6.45, 7) is 8.51. The molecule has 1 aromatic heterocycles.